The molecular weight excluding hydrogens is 564 g/mol. The van der Waals surface area contributed by atoms with Crippen LogP contribution in [0.4, 0.5) is 10.2 Å². The minimum absolute atomic E-state index is 0.0261. The average molecular weight is 597 g/mol. The number of anilines is 1. The SMILES string of the molecule is Cc1cc2[nH]ncc2c(-c2c(Cl)cc3c(N4CC5CCC(C4)N5)nc(OCC45CCCN4CCC5)nc3c2F)c1Cl. The van der Waals surface area contributed by atoms with Gasteiger partial charge in [0.1, 0.15) is 17.9 Å². The molecule has 0 amide bonds. The molecule has 2 N–H and O–H groups in total. The summed E-state index contributed by atoms with van der Waals surface area (Å²) in [5.41, 5.74) is 2.50. The lowest BCUT2D eigenvalue weighted by molar-refractivity contribution is 0.108. The van der Waals surface area contributed by atoms with E-state index in [1.807, 2.05) is 13.0 Å². The third kappa shape index (κ3) is 4.11. The van der Waals surface area contributed by atoms with Crippen molar-refractivity contribution < 1.29 is 9.13 Å². The van der Waals surface area contributed by atoms with Gasteiger partial charge in [0.2, 0.25) is 0 Å². The Hall–Kier alpha value is -2.72. The lowest BCUT2D eigenvalue weighted by atomic mass is 9.95. The molecule has 4 aromatic rings. The predicted molar refractivity (Wildman–Crippen MR) is 160 cm³/mol. The Morgan fingerprint density at radius 2 is 1.80 bits per heavy atom. The number of fused-ring (bicyclic) bond motifs is 5. The highest BCUT2D eigenvalue weighted by Crippen LogP contribution is 2.45. The summed E-state index contributed by atoms with van der Waals surface area (Å²) in [5.74, 6) is 0.141. The summed E-state index contributed by atoms with van der Waals surface area (Å²) in [7, 11) is 0. The maximum Gasteiger partial charge on any atom is 0.319 e. The number of aromatic amines is 1. The van der Waals surface area contributed by atoms with Crippen molar-refractivity contribution in [3.8, 4) is 17.1 Å². The summed E-state index contributed by atoms with van der Waals surface area (Å²) < 4.78 is 23.2. The van der Waals surface area contributed by atoms with E-state index in [2.05, 4.69) is 25.3 Å². The highest BCUT2D eigenvalue weighted by molar-refractivity contribution is 6.39. The average Bonchev–Trinajstić information content (AvgIpc) is 3.74. The Morgan fingerprint density at radius 1 is 1.05 bits per heavy atom. The van der Waals surface area contributed by atoms with Crippen LogP contribution in [0.3, 0.4) is 0 Å². The van der Waals surface area contributed by atoms with Crippen LogP contribution in [-0.2, 0) is 0 Å². The number of benzene rings is 2. The molecule has 2 atom stereocenters. The highest BCUT2D eigenvalue weighted by atomic mass is 35.5. The van der Waals surface area contributed by atoms with Crippen LogP contribution >= 0.6 is 23.2 Å². The van der Waals surface area contributed by atoms with Crippen molar-refractivity contribution in [1.29, 1.82) is 0 Å². The van der Waals surface area contributed by atoms with Gasteiger partial charge in [0.25, 0.3) is 0 Å². The summed E-state index contributed by atoms with van der Waals surface area (Å²) in [4.78, 5) is 14.4. The first-order valence-corrected chi connectivity index (χ1v) is 15.4. The molecule has 0 aliphatic carbocycles. The fourth-order valence-electron chi connectivity index (χ4n) is 7.77. The molecule has 0 radical (unpaired) electrons. The van der Waals surface area contributed by atoms with Crippen LogP contribution < -0.4 is 15.0 Å². The summed E-state index contributed by atoms with van der Waals surface area (Å²) >= 11 is 13.7. The van der Waals surface area contributed by atoms with Crippen molar-refractivity contribution in [2.24, 2.45) is 0 Å². The molecule has 214 valence electrons. The minimum Gasteiger partial charge on any atom is -0.461 e. The van der Waals surface area contributed by atoms with Crippen LogP contribution in [0.25, 0.3) is 32.9 Å². The molecule has 2 bridgehead atoms. The largest absolute Gasteiger partial charge is 0.461 e. The van der Waals surface area contributed by atoms with Gasteiger partial charge in [-0.25, -0.2) is 4.39 Å². The van der Waals surface area contributed by atoms with E-state index in [4.69, 9.17) is 37.9 Å². The molecule has 8 rings (SSSR count). The fraction of sp³-hybridized carbons (Fsp3) is 0.500. The monoisotopic (exact) mass is 595 g/mol. The van der Waals surface area contributed by atoms with Crippen LogP contribution in [0.15, 0.2) is 18.3 Å². The van der Waals surface area contributed by atoms with Crippen molar-refractivity contribution in [3.05, 3.63) is 39.8 Å². The van der Waals surface area contributed by atoms with Gasteiger partial charge in [-0.1, -0.05) is 23.2 Å². The first-order chi connectivity index (χ1) is 19.9. The first kappa shape index (κ1) is 25.9. The van der Waals surface area contributed by atoms with Gasteiger partial charge >= 0.3 is 6.01 Å². The van der Waals surface area contributed by atoms with E-state index in [9.17, 15) is 0 Å². The predicted octanol–water partition coefficient (Wildman–Crippen LogP) is 5.88. The molecular formula is C30H32Cl2FN7O. The smallest absolute Gasteiger partial charge is 0.319 e. The maximum absolute atomic E-state index is 16.9. The third-order valence-electron chi connectivity index (χ3n) is 9.75. The molecule has 0 saturated carbocycles. The third-order valence-corrected chi connectivity index (χ3v) is 10.5. The molecule has 0 spiro atoms. The standard InChI is InChI=1S/C30H32Cl2FN7O/c1-16-10-22-20(12-34-38-22)23(25(16)32)24-21(31)11-19-27(26(24)33)36-29(41-15-30-6-2-8-40(30)9-3-7-30)37-28(19)39-13-17-4-5-18(14-39)35-17/h10-12,17-18,35H,2-9,13-15H2,1H3,(H,34,38). The normalized spacial score (nSPS) is 23.7. The van der Waals surface area contributed by atoms with Crippen molar-refractivity contribution in [3.63, 3.8) is 0 Å². The summed E-state index contributed by atoms with van der Waals surface area (Å²) in [6, 6.07) is 4.67. The number of aryl methyl sites for hydroxylation is 1. The zero-order valence-electron chi connectivity index (χ0n) is 22.9. The summed E-state index contributed by atoms with van der Waals surface area (Å²) in [5, 5.41) is 12.8. The molecule has 4 fully saturated rings. The molecule has 6 heterocycles. The zero-order valence-corrected chi connectivity index (χ0v) is 24.5. The van der Waals surface area contributed by atoms with E-state index < -0.39 is 5.82 Å². The van der Waals surface area contributed by atoms with Gasteiger partial charge in [-0.15, -0.1) is 0 Å². The van der Waals surface area contributed by atoms with Crippen molar-refractivity contribution in [2.75, 3.05) is 37.7 Å². The van der Waals surface area contributed by atoms with Crippen LogP contribution in [0, 0.1) is 12.7 Å². The summed E-state index contributed by atoms with van der Waals surface area (Å²) in [6.07, 6.45) is 8.46. The number of rotatable bonds is 5. The number of piperazine rings is 1. The minimum atomic E-state index is -0.532. The number of aromatic nitrogens is 4. The van der Waals surface area contributed by atoms with Crippen molar-refractivity contribution in [1.82, 2.24) is 30.4 Å². The van der Waals surface area contributed by atoms with E-state index in [1.54, 1.807) is 12.3 Å². The second-order valence-electron chi connectivity index (χ2n) is 12.2. The molecule has 2 aromatic carbocycles. The highest BCUT2D eigenvalue weighted by Gasteiger charge is 2.45. The summed E-state index contributed by atoms with van der Waals surface area (Å²) in [6.45, 7) is 6.19. The molecule has 4 aliphatic heterocycles. The van der Waals surface area contributed by atoms with Gasteiger partial charge in [0.05, 0.1) is 27.3 Å². The number of ether oxygens (including phenoxy) is 1. The van der Waals surface area contributed by atoms with Crippen molar-refractivity contribution in [2.45, 2.75) is 63.1 Å². The molecule has 8 nitrogen and oxygen atoms in total. The Labute approximate surface area is 247 Å². The molecule has 2 aromatic heterocycles. The van der Waals surface area contributed by atoms with Gasteiger partial charge in [-0.3, -0.25) is 10.00 Å². The molecule has 11 heteroatoms. The van der Waals surface area contributed by atoms with Gasteiger partial charge < -0.3 is 15.0 Å². The van der Waals surface area contributed by atoms with Gasteiger partial charge in [-0.05, 0) is 76.2 Å². The van der Waals surface area contributed by atoms with Gasteiger partial charge in [-0.2, -0.15) is 15.1 Å². The number of nitrogens with zero attached hydrogens (tertiary/aromatic N) is 5. The number of hydrogen-bond donors (Lipinski definition) is 2. The van der Waals surface area contributed by atoms with Crippen molar-refractivity contribution >= 4 is 50.8 Å². The lowest BCUT2D eigenvalue weighted by Crippen LogP contribution is -2.51. The van der Waals surface area contributed by atoms with Gasteiger partial charge in [0, 0.05) is 47.1 Å². The van der Waals surface area contributed by atoms with E-state index in [1.165, 1.54) is 12.8 Å². The second kappa shape index (κ2) is 9.66. The molecule has 2 unspecified atom stereocenters. The topological polar surface area (TPSA) is 82.2 Å². The molecule has 4 aliphatic rings. The number of H-pyrrole nitrogens is 1. The fourth-order valence-corrected chi connectivity index (χ4v) is 8.31. The van der Waals surface area contributed by atoms with Crippen LogP contribution in [0.2, 0.25) is 10.0 Å². The quantitative estimate of drug-likeness (QED) is 0.298. The van der Waals surface area contributed by atoms with Crippen LogP contribution in [0.5, 0.6) is 6.01 Å². The number of halogens is 3. The van der Waals surface area contributed by atoms with E-state index in [-0.39, 0.29) is 27.7 Å². The second-order valence-corrected chi connectivity index (χ2v) is 13.0. The Bertz CT molecular complexity index is 1670. The maximum atomic E-state index is 16.9. The molecule has 4 saturated heterocycles. The first-order valence-electron chi connectivity index (χ1n) is 14.6. The van der Waals surface area contributed by atoms with Crippen LogP contribution in [-0.4, -0.2) is 75.5 Å². The Kier molecular flexibility index (Phi) is 6.11. The van der Waals surface area contributed by atoms with E-state index >= 15 is 4.39 Å². The number of hydrogen-bond acceptors (Lipinski definition) is 7. The van der Waals surface area contributed by atoms with Gasteiger partial charge in [0.15, 0.2) is 5.82 Å². The number of nitrogens with one attached hydrogen (secondary N) is 2. The Balaban J connectivity index is 1.29. The lowest BCUT2D eigenvalue weighted by Gasteiger charge is -2.35. The zero-order chi connectivity index (χ0) is 27.9. The van der Waals surface area contributed by atoms with Crippen LogP contribution in [0.1, 0.15) is 44.1 Å². The Morgan fingerprint density at radius 3 is 2.56 bits per heavy atom. The van der Waals surface area contributed by atoms with E-state index in [0.717, 1.165) is 62.9 Å². The molecule has 41 heavy (non-hydrogen) atoms. The van der Waals surface area contributed by atoms with E-state index in [0.29, 0.717) is 45.9 Å².